The quantitative estimate of drug-likeness (QED) is 0.204. The van der Waals surface area contributed by atoms with E-state index in [1.165, 1.54) is 43.1 Å². The van der Waals surface area contributed by atoms with Gasteiger partial charge in [-0.3, -0.25) is 10.2 Å². The van der Waals surface area contributed by atoms with Gasteiger partial charge < -0.3 is 14.2 Å². The van der Waals surface area contributed by atoms with Gasteiger partial charge in [0, 0.05) is 0 Å². The van der Waals surface area contributed by atoms with Crippen molar-refractivity contribution in [2.45, 2.75) is 52.4 Å². The highest BCUT2D eigenvalue weighted by molar-refractivity contribution is 8.26. The Labute approximate surface area is 238 Å². The third-order valence-corrected chi connectivity index (χ3v) is 7.42. The standard InChI is InChI=1S/C29H33ClN4O4S/c1-4-5-6-7-8-9-25-33-34-27(31)22(28(35)32-29(34)39-25)16-20-17-23(30)26(24(18-20)36-3)38-15-14-37-21-12-10-19(2)11-13-21/h10-13,16-18,31H,4-9,14-15H2,1-3H3/b22-16-,31-27?. The van der Waals surface area contributed by atoms with Crippen LogP contribution < -0.4 is 14.2 Å². The van der Waals surface area contributed by atoms with Gasteiger partial charge in [0.15, 0.2) is 17.3 Å². The van der Waals surface area contributed by atoms with Crippen LogP contribution in [0.5, 0.6) is 17.2 Å². The Hall–Kier alpha value is -3.30. The fourth-order valence-electron chi connectivity index (χ4n) is 4.08. The van der Waals surface area contributed by atoms with Gasteiger partial charge in [-0.15, -0.1) is 0 Å². The van der Waals surface area contributed by atoms with Crippen LogP contribution in [0.4, 0.5) is 0 Å². The molecule has 0 bridgehead atoms. The largest absolute Gasteiger partial charge is 0.493 e. The van der Waals surface area contributed by atoms with Crippen LogP contribution in [0.25, 0.3) is 6.08 Å². The zero-order valence-corrected chi connectivity index (χ0v) is 24.0. The van der Waals surface area contributed by atoms with Crippen molar-refractivity contribution in [1.82, 2.24) is 5.01 Å². The first-order valence-corrected chi connectivity index (χ1v) is 14.3. The van der Waals surface area contributed by atoms with Crippen molar-refractivity contribution in [1.29, 1.82) is 5.41 Å². The smallest absolute Gasteiger partial charge is 0.283 e. The number of rotatable bonds is 13. The second kappa shape index (κ2) is 13.7. The molecule has 0 aromatic heterocycles. The van der Waals surface area contributed by atoms with E-state index in [-0.39, 0.29) is 18.0 Å². The number of ether oxygens (including phenoxy) is 3. The lowest BCUT2D eigenvalue weighted by molar-refractivity contribution is -0.114. The zero-order chi connectivity index (χ0) is 27.8. The van der Waals surface area contributed by atoms with Crippen LogP contribution in [-0.4, -0.2) is 47.3 Å². The number of fused-ring (bicyclic) bond motifs is 1. The van der Waals surface area contributed by atoms with E-state index in [1.54, 1.807) is 18.2 Å². The monoisotopic (exact) mass is 568 g/mol. The predicted molar refractivity (Wildman–Crippen MR) is 159 cm³/mol. The summed E-state index contributed by atoms with van der Waals surface area (Å²) in [4.78, 5) is 17.0. The number of amides is 1. The molecule has 206 valence electrons. The van der Waals surface area contributed by atoms with E-state index in [1.807, 2.05) is 31.2 Å². The lowest BCUT2D eigenvalue weighted by atomic mass is 10.1. The number of methoxy groups -OCH3 is 1. The first-order valence-electron chi connectivity index (χ1n) is 13.1. The summed E-state index contributed by atoms with van der Waals surface area (Å²) >= 11 is 7.89. The minimum absolute atomic E-state index is 0.0119. The second-order valence-electron chi connectivity index (χ2n) is 9.22. The molecule has 0 unspecified atom stereocenters. The normalized spacial score (nSPS) is 15.8. The predicted octanol–water partition coefficient (Wildman–Crippen LogP) is 7.09. The minimum Gasteiger partial charge on any atom is -0.493 e. The van der Waals surface area contributed by atoms with E-state index < -0.39 is 5.91 Å². The Morgan fingerprint density at radius 3 is 2.56 bits per heavy atom. The van der Waals surface area contributed by atoms with Crippen LogP contribution in [0, 0.1) is 12.3 Å². The van der Waals surface area contributed by atoms with E-state index >= 15 is 0 Å². The number of aryl methyl sites for hydroxylation is 1. The fraction of sp³-hybridized carbons (Fsp3) is 0.379. The lowest BCUT2D eigenvalue weighted by Crippen LogP contribution is -2.35. The summed E-state index contributed by atoms with van der Waals surface area (Å²) in [5, 5.41) is 16.2. The summed E-state index contributed by atoms with van der Waals surface area (Å²) in [5.41, 5.74) is 1.87. The molecule has 2 aromatic rings. The van der Waals surface area contributed by atoms with Crippen molar-refractivity contribution in [2.24, 2.45) is 10.1 Å². The van der Waals surface area contributed by atoms with Crippen LogP contribution >= 0.6 is 23.4 Å². The van der Waals surface area contributed by atoms with Gasteiger partial charge >= 0.3 is 0 Å². The highest BCUT2D eigenvalue weighted by atomic mass is 35.5. The molecule has 0 fully saturated rings. The number of carbonyl (C=O) groups is 1. The number of thioether (sulfide) groups is 1. The first-order chi connectivity index (χ1) is 18.9. The maximum absolute atomic E-state index is 12.8. The van der Waals surface area contributed by atoms with Gasteiger partial charge in [0.1, 0.15) is 24.0 Å². The van der Waals surface area contributed by atoms with Crippen LogP contribution in [0.15, 0.2) is 52.1 Å². The third-order valence-electron chi connectivity index (χ3n) is 6.17. The van der Waals surface area contributed by atoms with Crippen molar-refractivity contribution in [3.05, 3.63) is 58.1 Å². The average Bonchev–Trinajstić information content (AvgIpc) is 3.33. The van der Waals surface area contributed by atoms with E-state index in [2.05, 4.69) is 17.0 Å². The number of nitrogens with zero attached hydrogens (tertiary/aromatic N) is 3. The molecule has 4 rings (SSSR count). The number of amidine groups is 2. The van der Waals surface area contributed by atoms with Gasteiger partial charge in [-0.25, -0.2) is 0 Å². The summed E-state index contributed by atoms with van der Waals surface area (Å²) in [6, 6.07) is 11.1. The SMILES string of the molecule is CCCCCCCC1=NN2C(=N)/C(=C/c3cc(Cl)c(OCCOc4ccc(C)cc4)c(OC)c3)C(=O)N=C2S1. The molecule has 0 saturated heterocycles. The number of aliphatic imine (C=N–C) groups is 1. The Balaban J connectivity index is 1.41. The topological polar surface area (TPSA) is 96.6 Å². The molecular formula is C29H33ClN4O4S. The molecule has 0 atom stereocenters. The van der Waals surface area contributed by atoms with Crippen LogP contribution in [0.2, 0.25) is 5.02 Å². The van der Waals surface area contributed by atoms with Gasteiger partial charge in [-0.05, 0) is 67.4 Å². The molecule has 0 aliphatic carbocycles. The van der Waals surface area contributed by atoms with Crippen molar-refractivity contribution in [3.8, 4) is 17.2 Å². The summed E-state index contributed by atoms with van der Waals surface area (Å²) in [6.45, 7) is 4.80. The Kier molecular flexibility index (Phi) is 10.1. The molecule has 10 heteroatoms. The van der Waals surface area contributed by atoms with Gasteiger partial charge in [0.2, 0.25) is 5.17 Å². The van der Waals surface area contributed by atoms with E-state index in [0.717, 1.165) is 35.6 Å². The molecule has 8 nitrogen and oxygen atoms in total. The minimum atomic E-state index is -0.484. The van der Waals surface area contributed by atoms with Gasteiger partial charge in [-0.2, -0.15) is 15.1 Å². The van der Waals surface area contributed by atoms with Gasteiger partial charge in [-0.1, -0.05) is 61.9 Å². The first kappa shape index (κ1) is 28.7. The third kappa shape index (κ3) is 7.42. The van der Waals surface area contributed by atoms with Gasteiger partial charge in [0.05, 0.1) is 17.7 Å². The molecular weight excluding hydrogens is 536 g/mol. The number of carbonyl (C=O) groups excluding carboxylic acids is 1. The van der Waals surface area contributed by atoms with Gasteiger partial charge in [0.25, 0.3) is 5.91 Å². The molecule has 2 aromatic carbocycles. The Bertz CT molecular complexity index is 1310. The summed E-state index contributed by atoms with van der Waals surface area (Å²) < 4.78 is 17.1. The summed E-state index contributed by atoms with van der Waals surface area (Å²) in [5.74, 6) is 1.05. The fourth-order valence-corrected chi connectivity index (χ4v) is 5.28. The second-order valence-corrected chi connectivity index (χ2v) is 10.7. The number of nitrogens with one attached hydrogen (secondary N) is 1. The number of hydrogen-bond donors (Lipinski definition) is 1. The molecule has 0 saturated carbocycles. The van der Waals surface area contributed by atoms with Crippen molar-refractivity contribution >= 4 is 51.4 Å². The average molecular weight is 569 g/mol. The molecule has 2 aliphatic heterocycles. The van der Waals surface area contributed by atoms with Crippen molar-refractivity contribution in [2.75, 3.05) is 20.3 Å². The molecule has 39 heavy (non-hydrogen) atoms. The van der Waals surface area contributed by atoms with E-state index in [0.29, 0.717) is 33.9 Å². The summed E-state index contributed by atoms with van der Waals surface area (Å²) in [7, 11) is 1.52. The molecule has 2 aliphatic rings. The molecule has 0 radical (unpaired) electrons. The molecule has 1 N–H and O–H groups in total. The number of unbranched alkanes of at least 4 members (excludes halogenated alkanes) is 4. The molecule has 2 heterocycles. The highest BCUT2D eigenvalue weighted by Crippen LogP contribution is 2.38. The number of hydrazone groups is 1. The number of benzene rings is 2. The van der Waals surface area contributed by atoms with Crippen molar-refractivity contribution in [3.63, 3.8) is 0 Å². The molecule has 1 amide bonds. The molecule has 0 spiro atoms. The summed E-state index contributed by atoms with van der Waals surface area (Å²) in [6.07, 6.45) is 8.20. The Morgan fingerprint density at radius 2 is 1.82 bits per heavy atom. The Morgan fingerprint density at radius 1 is 1.08 bits per heavy atom. The lowest BCUT2D eigenvalue weighted by Gasteiger charge is -2.20. The zero-order valence-electron chi connectivity index (χ0n) is 22.5. The number of halogens is 1. The van der Waals surface area contributed by atoms with Crippen LogP contribution in [-0.2, 0) is 4.79 Å². The van der Waals surface area contributed by atoms with E-state index in [9.17, 15) is 4.79 Å². The maximum Gasteiger partial charge on any atom is 0.283 e. The maximum atomic E-state index is 12.8. The highest BCUT2D eigenvalue weighted by Gasteiger charge is 2.35. The van der Waals surface area contributed by atoms with E-state index in [4.69, 9.17) is 31.2 Å². The van der Waals surface area contributed by atoms with Crippen LogP contribution in [0.3, 0.4) is 0 Å². The van der Waals surface area contributed by atoms with Crippen LogP contribution in [0.1, 0.15) is 56.6 Å². The van der Waals surface area contributed by atoms with Crippen molar-refractivity contribution < 1.29 is 19.0 Å². The number of hydrogen-bond acceptors (Lipinski definition) is 7.